The minimum absolute atomic E-state index is 0.245. The number of carboxylic acid groups (broad SMARTS) is 1. The van der Waals surface area contributed by atoms with Crippen LogP contribution in [0.5, 0.6) is 0 Å². The molecular formula is C39H38N4O4S. The van der Waals surface area contributed by atoms with Crippen molar-refractivity contribution in [1.29, 1.82) is 0 Å². The highest BCUT2D eigenvalue weighted by atomic mass is 32.1. The molecule has 0 saturated heterocycles. The number of anilines is 1. The lowest BCUT2D eigenvalue weighted by molar-refractivity contribution is -0.131. The largest absolute Gasteiger partial charge is 0.478 e. The number of nitrogens with one attached hydrogen (secondary N) is 2. The number of aryl methyl sites for hydroxylation is 1. The summed E-state index contributed by atoms with van der Waals surface area (Å²) < 4.78 is 2.19. The monoisotopic (exact) mass is 658 g/mol. The van der Waals surface area contributed by atoms with Gasteiger partial charge in [0.05, 0.1) is 11.4 Å². The van der Waals surface area contributed by atoms with E-state index in [1.54, 1.807) is 35.6 Å². The molecule has 3 aromatic carbocycles. The molecule has 9 heteroatoms. The van der Waals surface area contributed by atoms with E-state index in [1.165, 1.54) is 24.5 Å². The van der Waals surface area contributed by atoms with Crippen molar-refractivity contribution in [1.82, 2.24) is 14.9 Å². The number of carboxylic acids is 1. The number of hydrogen-bond donors (Lipinski definition) is 3. The van der Waals surface area contributed by atoms with Crippen LogP contribution >= 0.6 is 11.3 Å². The van der Waals surface area contributed by atoms with Crippen LogP contribution in [-0.4, -0.2) is 38.0 Å². The molecule has 2 heterocycles. The number of carbonyl (C=O) groups excluding carboxylic acids is 2. The first-order chi connectivity index (χ1) is 23.3. The Bertz CT molecular complexity index is 2010. The molecule has 0 aliphatic heterocycles. The van der Waals surface area contributed by atoms with E-state index >= 15 is 0 Å². The van der Waals surface area contributed by atoms with Crippen LogP contribution in [0, 0.1) is 0 Å². The van der Waals surface area contributed by atoms with E-state index in [0.717, 1.165) is 64.6 Å². The number of thiazole rings is 1. The van der Waals surface area contributed by atoms with Crippen LogP contribution in [0.3, 0.4) is 0 Å². The second-order valence-electron chi connectivity index (χ2n) is 12.9. The first kappa shape index (κ1) is 31.6. The summed E-state index contributed by atoms with van der Waals surface area (Å²) in [6, 6.07) is 23.1. The maximum atomic E-state index is 13.9. The standard InChI is InChI=1S/C39H38N4O4S/c1-43-32-23-28(36(46)42-39(21-7-8-22-39)38(47)40-29-17-13-25(14-18-29)15-20-33(44)45)16-19-30(32)34(26-9-5-6-10-26)35(43)31-24-48-37(41-31)27-11-3-2-4-12-27/h2-4,11-20,23-24,26H,5-10,21-22H2,1H3,(H,40,47)(H,42,46)(H,44,45)/b20-15+. The summed E-state index contributed by atoms with van der Waals surface area (Å²) in [5.41, 5.74) is 6.27. The van der Waals surface area contributed by atoms with Gasteiger partial charge in [-0.3, -0.25) is 9.59 Å². The molecule has 8 nitrogen and oxygen atoms in total. The number of fused-ring (bicyclic) bond motifs is 1. The molecule has 0 unspecified atom stereocenters. The Balaban J connectivity index is 1.17. The molecule has 5 aromatic rings. The van der Waals surface area contributed by atoms with Crippen molar-refractivity contribution in [2.24, 2.45) is 7.05 Å². The molecular weight excluding hydrogens is 621 g/mol. The van der Waals surface area contributed by atoms with Gasteiger partial charge in [-0.15, -0.1) is 11.3 Å². The lowest BCUT2D eigenvalue weighted by Gasteiger charge is -2.29. The van der Waals surface area contributed by atoms with E-state index in [9.17, 15) is 14.4 Å². The van der Waals surface area contributed by atoms with Gasteiger partial charge in [0.15, 0.2) is 0 Å². The smallest absolute Gasteiger partial charge is 0.328 e. The fourth-order valence-electron chi connectivity index (χ4n) is 7.41. The number of rotatable bonds is 9. The average Bonchev–Trinajstić information content (AvgIpc) is 3.92. The quantitative estimate of drug-likeness (QED) is 0.138. The molecule has 2 fully saturated rings. The molecule has 2 aliphatic rings. The number of aliphatic carboxylic acids is 1. The van der Waals surface area contributed by atoms with Crippen LogP contribution in [0.25, 0.3) is 38.9 Å². The van der Waals surface area contributed by atoms with Crippen LogP contribution in [0.4, 0.5) is 5.69 Å². The van der Waals surface area contributed by atoms with Gasteiger partial charge in [-0.2, -0.15) is 0 Å². The highest BCUT2D eigenvalue weighted by Crippen LogP contribution is 2.45. The van der Waals surface area contributed by atoms with Crippen molar-refractivity contribution in [3.05, 3.63) is 101 Å². The van der Waals surface area contributed by atoms with Crippen molar-refractivity contribution >= 4 is 51.8 Å². The number of benzene rings is 3. The summed E-state index contributed by atoms with van der Waals surface area (Å²) in [5, 5.41) is 19.3. The topological polar surface area (TPSA) is 113 Å². The first-order valence-electron chi connectivity index (χ1n) is 16.6. The van der Waals surface area contributed by atoms with Crippen molar-refractivity contribution in [2.45, 2.75) is 62.8 Å². The second kappa shape index (κ2) is 13.2. The summed E-state index contributed by atoms with van der Waals surface area (Å²) in [7, 11) is 2.06. The number of aromatic nitrogens is 2. The predicted molar refractivity (Wildman–Crippen MR) is 191 cm³/mol. The van der Waals surface area contributed by atoms with Crippen molar-refractivity contribution in [3.63, 3.8) is 0 Å². The van der Waals surface area contributed by atoms with Crippen LogP contribution in [0.2, 0.25) is 0 Å². The third kappa shape index (κ3) is 6.18. The summed E-state index contributed by atoms with van der Waals surface area (Å²) in [6.45, 7) is 0. The van der Waals surface area contributed by atoms with E-state index in [-0.39, 0.29) is 11.8 Å². The number of carbonyl (C=O) groups is 3. The van der Waals surface area contributed by atoms with E-state index in [1.807, 2.05) is 30.3 Å². The summed E-state index contributed by atoms with van der Waals surface area (Å²) >= 11 is 1.65. The third-order valence-corrected chi connectivity index (χ3v) is 10.8. The maximum Gasteiger partial charge on any atom is 0.328 e. The van der Waals surface area contributed by atoms with Gasteiger partial charge in [-0.05, 0) is 73.1 Å². The Morgan fingerprint density at radius 2 is 1.69 bits per heavy atom. The highest BCUT2D eigenvalue weighted by molar-refractivity contribution is 7.13. The molecule has 0 radical (unpaired) electrons. The zero-order chi connectivity index (χ0) is 33.3. The Hall–Kier alpha value is -5.02. The SMILES string of the molecule is Cn1c(-c2csc(-c3ccccc3)n2)c(C2CCCC2)c2ccc(C(=O)NC3(C(=O)Nc4ccc(/C=C/C(=O)O)cc4)CCCC3)cc21. The summed E-state index contributed by atoms with van der Waals surface area (Å²) in [5.74, 6) is -1.10. The summed E-state index contributed by atoms with van der Waals surface area (Å²) in [4.78, 5) is 43.5. The van der Waals surface area contributed by atoms with Gasteiger partial charge in [0.1, 0.15) is 10.5 Å². The van der Waals surface area contributed by atoms with Crippen LogP contribution in [-0.2, 0) is 16.6 Å². The average molecular weight is 659 g/mol. The van der Waals surface area contributed by atoms with Gasteiger partial charge in [0, 0.05) is 46.2 Å². The second-order valence-corrected chi connectivity index (χ2v) is 13.8. The first-order valence-corrected chi connectivity index (χ1v) is 17.5. The van der Waals surface area contributed by atoms with Gasteiger partial charge in [-0.1, -0.05) is 74.2 Å². The Labute approximate surface area is 283 Å². The molecule has 244 valence electrons. The van der Waals surface area contributed by atoms with E-state index < -0.39 is 11.5 Å². The summed E-state index contributed by atoms with van der Waals surface area (Å²) in [6.07, 6.45) is 10.1. The highest BCUT2D eigenvalue weighted by Gasteiger charge is 2.43. The molecule has 0 atom stereocenters. The van der Waals surface area contributed by atoms with Crippen LogP contribution in [0.1, 0.15) is 78.8 Å². The Morgan fingerprint density at radius 1 is 0.958 bits per heavy atom. The van der Waals surface area contributed by atoms with E-state index in [2.05, 4.69) is 45.8 Å². The number of hydrogen-bond acceptors (Lipinski definition) is 5. The fraction of sp³-hybridized carbons (Fsp3) is 0.282. The Morgan fingerprint density at radius 3 is 2.40 bits per heavy atom. The number of nitrogens with zero attached hydrogens (tertiary/aromatic N) is 2. The van der Waals surface area contributed by atoms with Gasteiger partial charge < -0.3 is 20.3 Å². The van der Waals surface area contributed by atoms with Crippen LogP contribution in [0.15, 0.2) is 84.3 Å². The van der Waals surface area contributed by atoms with Crippen molar-refractivity contribution < 1.29 is 19.5 Å². The molecule has 0 spiro atoms. The minimum Gasteiger partial charge on any atom is -0.478 e. The molecule has 7 rings (SSSR count). The van der Waals surface area contributed by atoms with E-state index in [4.69, 9.17) is 10.1 Å². The predicted octanol–water partition coefficient (Wildman–Crippen LogP) is 8.41. The lowest BCUT2D eigenvalue weighted by atomic mass is 9.93. The zero-order valence-electron chi connectivity index (χ0n) is 26.9. The van der Waals surface area contributed by atoms with Crippen LogP contribution < -0.4 is 10.6 Å². The van der Waals surface area contributed by atoms with Gasteiger partial charge >= 0.3 is 5.97 Å². The Kier molecular flexibility index (Phi) is 8.71. The molecule has 2 amide bonds. The molecule has 2 aromatic heterocycles. The van der Waals surface area contributed by atoms with Crippen molar-refractivity contribution in [2.75, 3.05) is 5.32 Å². The van der Waals surface area contributed by atoms with Crippen molar-refractivity contribution in [3.8, 4) is 22.0 Å². The minimum atomic E-state index is -1.02. The van der Waals surface area contributed by atoms with Gasteiger partial charge in [0.2, 0.25) is 5.91 Å². The van der Waals surface area contributed by atoms with E-state index in [0.29, 0.717) is 35.6 Å². The van der Waals surface area contributed by atoms with Gasteiger partial charge in [-0.25, -0.2) is 9.78 Å². The zero-order valence-corrected chi connectivity index (χ0v) is 27.7. The fourth-order valence-corrected chi connectivity index (χ4v) is 8.22. The molecule has 3 N–H and O–H groups in total. The normalized spacial score (nSPS) is 16.1. The third-order valence-electron chi connectivity index (χ3n) is 9.86. The molecule has 0 bridgehead atoms. The molecule has 48 heavy (non-hydrogen) atoms. The molecule has 2 aliphatic carbocycles. The molecule has 2 saturated carbocycles. The lowest BCUT2D eigenvalue weighted by Crippen LogP contribution is -2.55. The maximum absolute atomic E-state index is 13.9. The number of amides is 2. The van der Waals surface area contributed by atoms with Gasteiger partial charge in [0.25, 0.3) is 5.91 Å².